The highest BCUT2D eigenvalue weighted by Crippen LogP contribution is 2.35. The number of methoxy groups -OCH3 is 1. The van der Waals surface area contributed by atoms with E-state index in [4.69, 9.17) is 18.6 Å². The van der Waals surface area contributed by atoms with Gasteiger partial charge in [0.25, 0.3) is 0 Å². The van der Waals surface area contributed by atoms with E-state index in [9.17, 15) is 14.7 Å². The van der Waals surface area contributed by atoms with Crippen molar-refractivity contribution in [3.8, 4) is 34.7 Å². The van der Waals surface area contributed by atoms with Gasteiger partial charge in [-0.2, -0.15) is 0 Å². The van der Waals surface area contributed by atoms with Crippen LogP contribution in [0.15, 0.2) is 106 Å². The molecule has 4 aromatic carbocycles. The first-order chi connectivity index (χ1) is 25.0. The van der Waals surface area contributed by atoms with Crippen LogP contribution in [-0.2, 0) is 29.2 Å². The molecule has 0 radical (unpaired) electrons. The number of unbranched alkanes of at least 4 members (excludes halogenated alkanes) is 8. The number of carboxylic acid groups (broad SMARTS) is 1. The molecule has 0 saturated heterocycles. The molecule has 7 nitrogen and oxygen atoms in total. The van der Waals surface area contributed by atoms with E-state index in [2.05, 4.69) is 24.0 Å². The maximum atomic E-state index is 13.7. The predicted molar refractivity (Wildman–Crippen MR) is 201 cm³/mol. The van der Waals surface area contributed by atoms with Crippen LogP contribution in [0.2, 0.25) is 0 Å². The van der Waals surface area contributed by atoms with Crippen LogP contribution in [0.5, 0.6) is 11.5 Å². The van der Waals surface area contributed by atoms with Crippen LogP contribution in [0, 0.1) is 11.8 Å². The smallest absolute Gasteiger partial charge is 0.308 e. The summed E-state index contributed by atoms with van der Waals surface area (Å²) in [5.41, 5.74) is 3.47. The molecule has 1 N–H and O–H groups in total. The summed E-state index contributed by atoms with van der Waals surface area (Å²) in [5.74, 6) is 6.43. The van der Waals surface area contributed by atoms with E-state index in [1.165, 1.54) is 44.8 Å². The third kappa shape index (κ3) is 11.4. The van der Waals surface area contributed by atoms with Crippen LogP contribution >= 0.6 is 0 Å². The highest BCUT2D eigenvalue weighted by Gasteiger charge is 2.20. The fourth-order valence-electron chi connectivity index (χ4n) is 5.93. The summed E-state index contributed by atoms with van der Waals surface area (Å²) in [5, 5.41) is 9.99. The van der Waals surface area contributed by atoms with Crippen molar-refractivity contribution in [2.45, 2.75) is 77.4 Å². The van der Waals surface area contributed by atoms with Gasteiger partial charge in [-0.25, -0.2) is 0 Å². The molecule has 5 rings (SSSR count). The van der Waals surface area contributed by atoms with E-state index in [-0.39, 0.29) is 16.8 Å². The number of hydrogen-bond donors (Lipinski definition) is 1. The fraction of sp³-hybridized carbons (Fsp3) is 0.318. The van der Waals surface area contributed by atoms with Gasteiger partial charge in [-0.05, 0) is 60.4 Å². The summed E-state index contributed by atoms with van der Waals surface area (Å²) in [7, 11) is 1.53. The van der Waals surface area contributed by atoms with E-state index in [1.807, 2.05) is 54.6 Å². The number of rotatable bonds is 19. The van der Waals surface area contributed by atoms with E-state index >= 15 is 0 Å². The molecule has 51 heavy (non-hydrogen) atoms. The van der Waals surface area contributed by atoms with Gasteiger partial charge in [0.2, 0.25) is 0 Å². The second-order valence-electron chi connectivity index (χ2n) is 12.6. The monoisotopic (exact) mass is 686 g/mol. The largest absolute Gasteiger partial charge is 0.493 e. The first-order valence-corrected chi connectivity index (χ1v) is 17.8. The molecule has 0 aliphatic heterocycles. The van der Waals surface area contributed by atoms with Gasteiger partial charge in [-0.15, -0.1) is 0 Å². The van der Waals surface area contributed by atoms with Crippen LogP contribution in [-0.4, -0.2) is 24.8 Å². The molecule has 0 amide bonds. The molecule has 1 aromatic heterocycles. The van der Waals surface area contributed by atoms with Gasteiger partial charge in [0.1, 0.15) is 18.0 Å². The van der Waals surface area contributed by atoms with Gasteiger partial charge in [0.05, 0.1) is 31.1 Å². The topological polar surface area (TPSA) is 95.2 Å². The zero-order valence-electron chi connectivity index (χ0n) is 29.3. The third-order valence-corrected chi connectivity index (χ3v) is 8.66. The Balaban J connectivity index is 1.12. The predicted octanol–water partition coefficient (Wildman–Crippen LogP) is 9.75. The standard InChI is InChI=1S/C44H46O7/c1-48-41-29-36(24-26-40(41)50-32-35-21-15-11-16-22-35)44-38(30-42(45)46)43(47)37-28-33(23-25-39(37)51-44)18-12-8-6-4-2-3-5-7-9-17-27-49-31-34-19-13-10-14-20-34/h10-11,13-16,19-26,28-29H,2-9,17,27,30-32H2,1H3,(H,45,46). The van der Waals surface area contributed by atoms with Crippen molar-refractivity contribution in [3.63, 3.8) is 0 Å². The summed E-state index contributed by atoms with van der Waals surface area (Å²) < 4.78 is 23.5. The molecule has 5 aromatic rings. The van der Waals surface area contributed by atoms with Crippen molar-refractivity contribution in [2.24, 2.45) is 0 Å². The van der Waals surface area contributed by atoms with E-state index in [0.717, 1.165) is 37.9 Å². The number of fused-ring (bicyclic) bond motifs is 1. The zero-order chi connectivity index (χ0) is 35.7. The molecule has 0 spiro atoms. The van der Waals surface area contributed by atoms with Gasteiger partial charge in [0, 0.05) is 24.2 Å². The minimum absolute atomic E-state index is 0.0662. The SMILES string of the molecule is COc1cc(-c2oc3ccc(C#CCCCCCCCCCCOCc4ccccc4)cc3c(=O)c2CC(=O)O)ccc1OCc1ccccc1. The first-order valence-electron chi connectivity index (χ1n) is 17.8. The highest BCUT2D eigenvalue weighted by molar-refractivity contribution is 5.84. The average Bonchev–Trinajstić information content (AvgIpc) is 3.16. The second-order valence-corrected chi connectivity index (χ2v) is 12.6. The van der Waals surface area contributed by atoms with Crippen molar-refractivity contribution in [1.29, 1.82) is 0 Å². The molecule has 0 aliphatic carbocycles. The first kappa shape index (κ1) is 36.9. The summed E-state index contributed by atoms with van der Waals surface area (Å²) >= 11 is 0. The molecule has 0 atom stereocenters. The Morgan fingerprint density at radius 2 is 1.41 bits per heavy atom. The van der Waals surface area contributed by atoms with Gasteiger partial charge in [0.15, 0.2) is 16.9 Å². The summed E-state index contributed by atoms with van der Waals surface area (Å²) in [6.45, 7) is 1.86. The summed E-state index contributed by atoms with van der Waals surface area (Å²) in [6.07, 6.45) is 9.70. The van der Waals surface area contributed by atoms with Crippen molar-refractivity contribution in [1.82, 2.24) is 0 Å². The van der Waals surface area contributed by atoms with Crippen molar-refractivity contribution in [2.75, 3.05) is 13.7 Å². The Kier molecular flexibility index (Phi) is 14.3. The molecule has 0 unspecified atom stereocenters. The Hall–Kier alpha value is -5.32. The number of ether oxygens (including phenoxy) is 3. The van der Waals surface area contributed by atoms with Crippen LogP contribution in [0.1, 0.15) is 80.0 Å². The minimum Gasteiger partial charge on any atom is -0.493 e. The third-order valence-electron chi connectivity index (χ3n) is 8.66. The summed E-state index contributed by atoms with van der Waals surface area (Å²) in [4.78, 5) is 25.5. The number of benzene rings is 4. The Labute approximate surface area is 300 Å². The van der Waals surface area contributed by atoms with Crippen LogP contribution in [0.3, 0.4) is 0 Å². The van der Waals surface area contributed by atoms with E-state index in [0.29, 0.717) is 46.8 Å². The van der Waals surface area contributed by atoms with Crippen molar-refractivity contribution in [3.05, 3.63) is 130 Å². The maximum absolute atomic E-state index is 13.7. The normalized spacial score (nSPS) is 10.8. The Morgan fingerprint density at radius 3 is 2.10 bits per heavy atom. The number of carboxylic acids is 1. The molecule has 7 heteroatoms. The van der Waals surface area contributed by atoms with Gasteiger partial charge < -0.3 is 23.7 Å². The van der Waals surface area contributed by atoms with E-state index < -0.39 is 12.4 Å². The zero-order valence-corrected chi connectivity index (χ0v) is 29.3. The van der Waals surface area contributed by atoms with Crippen LogP contribution in [0.25, 0.3) is 22.3 Å². The number of aliphatic carboxylic acids is 1. The van der Waals surface area contributed by atoms with Gasteiger partial charge in [-0.1, -0.05) is 111 Å². The van der Waals surface area contributed by atoms with Crippen molar-refractivity contribution < 1.29 is 28.5 Å². The quantitative estimate of drug-likeness (QED) is 0.0683. The lowest BCUT2D eigenvalue weighted by Crippen LogP contribution is -2.15. The lowest BCUT2D eigenvalue weighted by atomic mass is 10.0. The molecule has 264 valence electrons. The Bertz CT molecular complexity index is 1970. The molecule has 0 fully saturated rings. The van der Waals surface area contributed by atoms with Crippen LogP contribution in [0.4, 0.5) is 0 Å². The van der Waals surface area contributed by atoms with Gasteiger partial charge in [-0.3, -0.25) is 9.59 Å². The van der Waals surface area contributed by atoms with Crippen LogP contribution < -0.4 is 14.9 Å². The number of hydrogen-bond acceptors (Lipinski definition) is 6. The lowest BCUT2D eigenvalue weighted by Gasteiger charge is -2.14. The maximum Gasteiger partial charge on any atom is 0.308 e. The fourth-order valence-corrected chi connectivity index (χ4v) is 5.93. The average molecular weight is 687 g/mol. The van der Waals surface area contributed by atoms with E-state index in [1.54, 1.807) is 30.3 Å². The highest BCUT2D eigenvalue weighted by atomic mass is 16.5. The molecule has 0 aliphatic rings. The molecular weight excluding hydrogens is 640 g/mol. The Morgan fingerprint density at radius 1 is 0.745 bits per heavy atom. The minimum atomic E-state index is -1.13. The molecule has 1 heterocycles. The molecule has 0 bridgehead atoms. The summed E-state index contributed by atoms with van der Waals surface area (Å²) in [6, 6.07) is 30.5. The van der Waals surface area contributed by atoms with Gasteiger partial charge >= 0.3 is 5.97 Å². The lowest BCUT2D eigenvalue weighted by molar-refractivity contribution is -0.136. The van der Waals surface area contributed by atoms with Crippen molar-refractivity contribution >= 4 is 16.9 Å². The second kappa shape index (κ2) is 19.8. The molecule has 0 saturated carbocycles. The number of carbonyl (C=O) groups is 1. The molecular formula is C44H46O7.